The molecule has 2 rings (SSSR count). The molecular weight excluding hydrogens is 243 g/mol. The first-order chi connectivity index (χ1) is 8.54. The van der Waals surface area contributed by atoms with Crippen LogP contribution in [0, 0.1) is 0 Å². The van der Waals surface area contributed by atoms with E-state index in [1.807, 2.05) is 0 Å². The lowest BCUT2D eigenvalue weighted by molar-refractivity contribution is -0.138. The molecule has 0 radical (unpaired) electrons. The van der Waals surface area contributed by atoms with Crippen molar-refractivity contribution in [1.29, 1.82) is 0 Å². The Labute approximate surface area is 102 Å². The molecule has 18 heavy (non-hydrogen) atoms. The lowest BCUT2D eigenvalue weighted by Crippen LogP contribution is -2.09. The predicted octanol–water partition coefficient (Wildman–Crippen LogP) is 3.78. The molecule has 0 spiro atoms. The van der Waals surface area contributed by atoms with Gasteiger partial charge in [-0.05, 0) is 5.56 Å². The zero-order valence-corrected chi connectivity index (χ0v) is 9.53. The standard InChI is InChI=1S/C13H10F3NO/c1-18-12-10(9-5-3-2-4-6-9)7-17-8-11(12)13(14,15)16/h2-8H,1H3. The van der Waals surface area contributed by atoms with E-state index in [0.29, 0.717) is 11.1 Å². The van der Waals surface area contributed by atoms with E-state index in [9.17, 15) is 13.2 Å². The van der Waals surface area contributed by atoms with E-state index in [1.165, 1.54) is 13.3 Å². The van der Waals surface area contributed by atoms with Gasteiger partial charge in [0.05, 0.1) is 7.11 Å². The number of methoxy groups -OCH3 is 1. The Morgan fingerprint density at radius 1 is 1.06 bits per heavy atom. The molecule has 0 unspecified atom stereocenters. The summed E-state index contributed by atoms with van der Waals surface area (Å²) in [6, 6.07) is 8.69. The molecule has 94 valence electrons. The normalized spacial score (nSPS) is 11.3. The number of aromatic nitrogens is 1. The lowest BCUT2D eigenvalue weighted by atomic mass is 10.0. The van der Waals surface area contributed by atoms with Crippen molar-refractivity contribution in [2.45, 2.75) is 6.18 Å². The molecule has 1 heterocycles. The van der Waals surface area contributed by atoms with Gasteiger partial charge in [0.2, 0.25) is 0 Å². The summed E-state index contributed by atoms with van der Waals surface area (Å²) >= 11 is 0. The van der Waals surface area contributed by atoms with Gasteiger partial charge in [-0.2, -0.15) is 13.2 Å². The summed E-state index contributed by atoms with van der Waals surface area (Å²) in [4.78, 5) is 3.64. The minimum absolute atomic E-state index is 0.205. The Balaban J connectivity index is 2.63. The Hall–Kier alpha value is -2.04. The Morgan fingerprint density at radius 2 is 1.72 bits per heavy atom. The van der Waals surface area contributed by atoms with Crippen LogP contribution in [0.3, 0.4) is 0 Å². The molecule has 0 saturated heterocycles. The maximum Gasteiger partial charge on any atom is 0.421 e. The van der Waals surface area contributed by atoms with Crippen LogP contribution in [0.2, 0.25) is 0 Å². The van der Waals surface area contributed by atoms with Crippen LogP contribution < -0.4 is 4.74 Å². The van der Waals surface area contributed by atoms with Gasteiger partial charge >= 0.3 is 6.18 Å². The summed E-state index contributed by atoms with van der Waals surface area (Å²) in [5, 5.41) is 0. The molecule has 0 aliphatic rings. The van der Waals surface area contributed by atoms with E-state index in [0.717, 1.165) is 6.20 Å². The molecule has 0 fully saturated rings. The fraction of sp³-hybridized carbons (Fsp3) is 0.154. The molecule has 0 atom stereocenters. The van der Waals surface area contributed by atoms with Crippen molar-refractivity contribution in [2.75, 3.05) is 7.11 Å². The highest BCUT2D eigenvalue weighted by Gasteiger charge is 2.35. The highest BCUT2D eigenvalue weighted by molar-refractivity contribution is 5.71. The van der Waals surface area contributed by atoms with Crippen molar-refractivity contribution in [2.24, 2.45) is 0 Å². The minimum Gasteiger partial charge on any atom is -0.495 e. The zero-order valence-electron chi connectivity index (χ0n) is 9.53. The molecule has 0 bridgehead atoms. The maximum atomic E-state index is 12.8. The third-order valence-electron chi connectivity index (χ3n) is 2.49. The third-order valence-corrected chi connectivity index (χ3v) is 2.49. The van der Waals surface area contributed by atoms with Crippen LogP contribution in [0.5, 0.6) is 5.75 Å². The molecule has 2 nitrogen and oxygen atoms in total. The van der Waals surface area contributed by atoms with Crippen LogP contribution in [-0.4, -0.2) is 12.1 Å². The predicted molar refractivity (Wildman–Crippen MR) is 61.2 cm³/mol. The topological polar surface area (TPSA) is 22.1 Å². The maximum absolute atomic E-state index is 12.8. The molecule has 0 N–H and O–H groups in total. The summed E-state index contributed by atoms with van der Waals surface area (Å²) in [5.41, 5.74) is 0.0900. The van der Waals surface area contributed by atoms with Gasteiger partial charge in [-0.15, -0.1) is 0 Å². The molecule has 2 aromatic rings. The van der Waals surface area contributed by atoms with E-state index >= 15 is 0 Å². The van der Waals surface area contributed by atoms with E-state index in [2.05, 4.69) is 4.98 Å². The van der Waals surface area contributed by atoms with Crippen LogP contribution >= 0.6 is 0 Å². The molecule has 0 aliphatic carbocycles. The fourth-order valence-corrected chi connectivity index (χ4v) is 1.69. The average Bonchev–Trinajstić information content (AvgIpc) is 2.37. The van der Waals surface area contributed by atoms with Gasteiger partial charge in [-0.1, -0.05) is 30.3 Å². The highest BCUT2D eigenvalue weighted by Crippen LogP contribution is 2.40. The second-order valence-electron chi connectivity index (χ2n) is 3.63. The summed E-state index contributed by atoms with van der Waals surface area (Å²) in [6.45, 7) is 0. The summed E-state index contributed by atoms with van der Waals surface area (Å²) in [6.07, 6.45) is -2.35. The number of nitrogens with zero attached hydrogens (tertiary/aromatic N) is 1. The van der Waals surface area contributed by atoms with Crippen molar-refractivity contribution >= 4 is 0 Å². The van der Waals surface area contributed by atoms with Crippen LogP contribution in [-0.2, 0) is 6.18 Å². The molecule has 0 aliphatic heterocycles. The quantitative estimate of drug-likeness (QED) is 0.812. The number of benzene rings is 1. The Bertz CT molecular complexity index is 538. The van der Waals surface area contributed by atoms with Gasteiger partial charge in [0.25, 0.3) is 0 Å². The van der Waals surface area contributed by atoms with Gasteiger partial charge in [-0.3, -0.25) is 4.98 Å². The first-order valence-corrected chi connectivity index (χ1v) is 5.18. The molecule has 0 saturated carbocycles. The molecular formula is C13H10F3NO. The molecule has 1 aromatic heterocycles. The first kappa shape index (κ1) is 12.4. The first-order valence-electron chi connectivity index (χ1n) is 5.18. The molecule has 5 heteroatoms. The van der Waals surface area contributed by atoms with E-state index < -0.39 is 11.7 Å². The van der Waals surface area contributed by atoms with Crippen LogP contribution in [0.4, 0.5) is 13.2 Å². The number of rotatable bonds is 2. The van der Waals surface area contributed by atoms with E-state index in [4.69, 9.17) is 4.74 Å². The number of pyridine rings is 1. The smallest absolute Gasteiger partial charge is 0.421 e. The van der Waals surface area contributed by atoms with Crippen molar-refractivity contribution in [3.05, 3.63) is 48.3 Å². The van der Waals surface area contributed by atoms with Gasteiger partial charge in [0, 0.05) is 18.0 Å². The summed E-state index contributed by atoms with van der Waals surface area (Å²) in [5.74, 6) is -0.205. The Kier molecular flexibility index (Phi) is 3.23. The molecule has 0 amide bonds. The van der Waals surface area contributed by atoms with Crippen LogP contribution in [0.25, 0.3) is 11.1 Å². The van der Waals surface area contributed by atoms with Crippen LogP contribution in [0.1, 0.15) is 5.56 Å². The second kappa shape index (κ2) is 4.68. The number of halogens is 3. The number of hydrogen-bond acceptors (Lipinski definition) is 2. The lowest BCUT2D eigenvalue weighted by Gasteiger charge is -2.14. The monoisotopic (exact) mass is 253 g/mol. The number of hydrogen-bond donors (Lipinski definition) is 0. The fourth-order valence-electron chi connectivity index (χ4n) is 1.69. The number of alkyl halides is 3. The van der Waals surface area contributed by atoms with Gasteiger partial charge < -0.3 is 4.74 Å². The second-order valence-corrected chi connectivity index (χ2v) is 3.63. The largest absolute Gasteiger partial charge is 0.495 e. The van der Waals surface area contributed by atoms with Crippen molar-refractivity contribution in [1.82, 2.24) is 4.98 Å². The van der Waals surface area contributed by atoms with Crippen molar-refractivity contribution in [3.63, 3.8) is 0 Å². The summed E-state index contributed by atoms with van der Waals surface area (Å²) in [7, 11) is 1.22. The van der Waals surface area contributed by atoms with E-state index in [-0.39, 0.29) is 5.75 Å². The third kappa shape index (κ3) is 2.30. The van der Waals surface area contributed by atoms with Crippen molar-refractivity contribution in [3.8, 4) is 16.9 Å². The number of ether oxygens (including phenoxy) is 1. The van der Waals surface area contributed by atoms with Gasteiger partial charge in [0.1, 0.15) is 11.3 Å². The van der Waals surface area contributed by atoms with E-state index in [1.54, 1.807) is 30.3 Å². The molecule has 1 aromatic carbocycles. The average molecular weight is 253 g/mol. The minimum atomic E-state index is -4.48. The summed E-state index contributed by atoms with van der Waals surface area (Å²) < 4.78 is 43.3. The Morgan fingerprint density at radius 3 is 2.28 bits per heavy atom. The van der Waals surface area contributed by atoms with Gasteiger partial charge in [-0.25, -0.2) is 0 Å². The van der Waals surface area contributed by atoms with Gasteiger partial charge in [0.15, 0.2) is 0 Å². The van der Waals surface area contributed by atoms with Crippen molar-refractivity contribution < 1.29 is 17.9 Å². The zero-order chi connectivity index (χ0) is 13.2. The van der Waals surface area contributed by atoms with Crippen LogP contribution in [0.15, 0.2) is 42.7 Å². The SMILES string of the molecule is COc1c(-c2ccccc2)cncc1C(F)(F)F. The highest BCUT2D eigenvalue weighted by atomic mass is 19.4.